The lowest BCUT2D eigenvalue weighted by atomic mass is 10.3. The van der Waals surface area contributed by atoms with E-state index in [1.165, 1.54) is 30.3 Å². The number of nitrogens with zero attached hydrogens (tertiary/aromatic N) is 3. The van der Waals surface area contributed by atoms with E-state index in [1.54, 1.807) is 0 Å². The number of nitro benzene ring substituents is 1. The lowest BCUT2D eigenvalue weighted by molar-refractivity contribution is -0.387. The van der Waals surface area contributed by atoms with Crippen LogP contribution >= 0.6 is 23.2 Å². The van der Waals surface area contributed by atoms with E-state index in [0.717, 1.165) is 10.0 Å². The van der Waals surface area contributed by atoms with Gasteiger partial charge in [0.15, 0.2) is 4.90 Å². The molecule has 0 fully saturated rings. The average Bonchev–Trinajstić information content (AvgIpc) is 2.93. The third kappa shape index (κ3) is 3.03. The number of hydrogen-bond acceptors (Lipinski definition) is 6. The van der Waals surface area contributed by atoms with Gasteiger partial charge >= 0.3 is 0 Å². The summed E-state index contributed by atoms with van der Waals surface area (Å²) < 4.78 is 27.4. The van der Waals surface area contributed by atoms with Crippen molar-refractivity contribution in [3.63, 3.8) is 0 Å². The zero-order valence-electron chi connectivity index (χ0n) is 13.1. The molecule has 0 radical (unpaired) electrons. The van der Waals surface area contributed by atoms with Crippen LogP contribution in [0, 0.1) is 10.1 Å². The Morgan fingerprint density at radius 3 is 2.50 bits per heavy atom. The number of rotatable bonds is 5. The van der Waals surface area contributed by atoms with Gasteiger partial charge in [-0.15, -0.1) is 0 Å². The average molecular weight is 415 g/mol. The SMILES string of the molecule is NCCc1nc2cc(Cl)c(Cl)cc2n1S(=O)(=O)c1ccccc1[N+](=O)[O-]. The van der Waals surface area contributed by atoms with Crippen LogP contribution in [-0.2, 0) is 16.4 Å². The Morgan fingerprint density at radius 2 is 1.85 bits per heavy atom. The highest BCUT2D eigenvalue weighted by molar-refractivity contribution is 7.90. The first-order valence-corrected chi connectivity index (χ1v) is 9.52. The van der Waals surface area contributed by atoms with E-state index in [2.05, 4.69) is 4.98 Å². The van der Waals surface area contributed by atoms with Crippen molar-refractivity contribution in [2.75, 3.05) is 6.54 Å². The van der Waals surface area contributed by atoms with Gasteiger partial charge in [0.1, 0.15) is 5.82 Å². The standard InChI is InChI=1S/C15H12Cl2N4O4S/c16-9-7-11-13(8-10(9)17)20(15(19-11)5-6-18)26(24,25)14-4-2-1-3-12(14)21(22)23/h1-4,7-8H,5-6,18H2. The number of halogens is 2. The number of nitro groups is 1. The summed E-state index contributed by atoms with van der Waals surface area (Å²) in [7, 11) is -4.33. The predicted octanol–water partition coefficient (Wildman–Crippen LogP) is 2.99. The van der Waals surface area contributed by atoms with Crippen LogP contribution in [0.15, 0.2) is 41.3 Å². The molecule has 0 amide bonds. The van der Waals surface area contributed by atoms with Gasteiger partial charge in [-0.25, -0.2) is 17.4 Å². The molecule has 1 aromatic heterocycles. The van der Waals surface area contributed by atoms with Crippen LogP contribution in [0.4, 0.5) is 5.69 Å². The minimum Gasteiger partial charge on any atom is -0.330 e. The highest BCUT2D eigenvalue weighted by Gasteiger charge is 2.30. The smallest absolute Gasteiger partial charge is 0.289 e. The summed E-state index contributed by atoms with van der Waals surface area (Å²) in [4.78, 5) is 14.3. The molecule has 2 N–H and O–H groups in total. The molecule has 3 aromatic rings. The molecule has 136 valence electrons. The number of fused-ring (bicyclic) bond motifs is 1. The van der Waals surface area contributed by atoms with Gasteiger partial charge in [-0.05, 0) is 24.7 Å². The topological polar surface area (TPSA) is 121 Å². The molecular formula is C15H12Cl2N4O4S. The van der Waals surface area contributed by atoms with Crippen LogP contribution in [0.1, 0.15) is 5.82 Å². The van der Waals surface area contributed by atoms with Crippen molar-refractivity contribution in [2.24, 2.45) is 5.73 Å². The summed E-state index contributed by atoms with van der Waals surface area (Å²) in [6.45, 7) is 0.136. The first-order valence-electron chi connectivity index (χ1n) is 7.33. The van der Waals surface area contributed by atoms with Gasteiger partial charge in [-0.2, -0.15) is 0 Å². The van der Waals surface area contributed by atoms with Crippen molar-refractivity contribution in [1.82, 2.24) is 8.96 Å². The van der Waals surface area contributed by atoms with Crippen molar-refractivity contribution >= 4 is 49.9 Å². The second-order valence-electron chi connectivity index (χ2n) is 5.32. The van der Waals surface area contributed by atoms with Crippen LogP contribution in [0.2, 0.25) is 10.0 Å². The summed E-state index contributed by atoms with van der Waals surface area (Å²) in [5.74, 6) is 0.138. The largest absolute Gasteiger partial charge is 0.330 e. The Hall–Kier alpha value is -2.20. The van der Waals surface area contributed by atoms with Crippen molar-refractivity contribution in [3.8, 4) is 0 Å². The maximum absolute atomic E-state index is 13.2. The van der Waals surface area contributed by atoms with Crippen molar-refractivity contribution < 1.29 is 13.3 Å². The zero-order chi connectivity index (χ0) is 19.1. The van der Waals surface area contributed by atoms with E-state index in [9.17, 15) is 18.5 Å². The quantitative estimate of drug-likeness (QED) is 0.505. The van der Waals surface area contributed by atoms with Gasteiger partial charge < -0.3 is 5.73 Å². The summed E-state index contributed by atoms with van der Waals surface area (Å²) >= 11 is 12.0. The fraction of sp³-hybridized carbons (Fsp3) is 0.133. The third-order valence-electron chi connectivity index (χ3n) is 3.67. The van der Waals surface area contributed by atoms with Crippen LogP contribution in [0.3, 0.4) is 0 Å². The molecule has 0 saturated carbocycles. The fourth-order valence-electron chi connectivity index (χ4n) is 2.58. The third-order valence-corrected chi connectivity index (χ3v) is 6.18. The molecule has 1 heterocycles. The molecule has 8 nitrogen and oxygen atoms in total. The molecule has 26 heavy (non-hydrogen) atoms. The summed E-state index contributed by atoms with van der Waals surface area (Å²) in [5.41, 5.74) is 5.49. The van der Waals surface area contributed by atoms with Gasteiger partial charge in [0, 0.05) is 12.5 Å². The van der Waals surface area contributed by atoms with Crippen molar-refractivity contribution in [3.05, 3.63) is 62.4 Å². The first kappa shape index (κ1) is 18.6. The summed E-state index contributed by atoms with van der Waals surface area (Å²) in [5, 5.41) is 11.6. The Labute approximate surface area is 158 Å². The van der Waals surface area contributed by atoms with E-state index in [4.69, 9.17) is 28.9 Å². The van der Waals surface area contributed by atoms with E-state index < -0.39 is 25.5 Å². The van der Waals surface area contributed by atoms with Crippen molar-refractivity contribution in [1.29, 1.82) is 0 Å². The molecular weight excluding hydrogens is 403 g/mol. The van der Waals surface area contributed by atoms with Gasteiger partial charge in [0.25, 0.3) is 15.7 Å². The molecule has 11 heteroatoms. The molecule has 0 aliphatic carbocycles. The van der Waals surface area contributed by atoms with Crippen LogP contribution in [0.5, 0.6) is 0 Å². The lowest BCUT2D eigenvalue weighted by Gasteiger charge is -2.10. The second kappa shape index (κ2) is 6.84. The molecule has 0 unspecified atom stereocenters. The first-order chi connectivity index (χ1) is 12.3. The van der Waals surface area contributed by atoms with Crippen LogP contribution in [-0.4, -0.2) is 28.8 Å². The maximum Gasteiger partial charge on any atom is 0.289 e. The fourth-order valence-corrected chi connectivity index (χ4v) is 4.57. The minimum absolute atomic E-state index is 0.136. The Morgan fingerprint density at radius 1 is 1.19 bits per heavy atom. The highest BCUT2D eigenvalue weighted by atomic mass is 35.5. The van der Waals surface area contributed by atoms with E-state index >= 15 is 0 Å². The second-order valence-corrected chi connectivity index (χ2v) is 7.89. The van der Waals surface area contributed by atoms with E-state index in [1.807, 2.05) is 0 Å². The number of para-hydroxylation sites is 1. The summed E-state index contributed by atoms with van der Waals surface area (Å²) in [6.07, 6.45) is 0.143. The Bertz CT molecular complexity index is 1130. The maximum atomic E-state index is 13.2. The van der Waals surface area contributed by atoms with Crippen LogP contribution in [0.25, 0.3) is 11.0 Å². The van der Waals surface area contributed by atoms with Gasteiger partial charge in [-0.3, -0.25) is 10.1 Å². The number of nitrogens with two attached hydrogens (primary N) is 1. The monoisotopic (exact) mass is 414 g/mol. The molecule has 0 spiro atoms. The van der Waals surface area contributed by atoms with Crippen LogP contribution < -0.4 is 5.73 Å². The molecule has 0 atom stereocenters. The number of aromatic nitrogens is 2. The van der Waals surface area contributed by atoms with Gasteiger partial charge in [0.05, 0.1) is 26.0 Å². The van der Waals surface area contributed by atoms with E-state index in [-0.39, 0.29) is 34.4 Å². The molecule has 0 bridgehead atoms. The Balaban J connectivity index is 2.38. The highest BCUT2D eigenvalue weighted by Crippen LogP contribution is 2.33. The molecule has 0 aliphatic rings. The number of imidazole rings is 1. The number of hydrogen-bond donors (Lipinski definition) is 1. The lowest BCUT2D eigenvalue weighted by Crippen LogP contribution is -2.19. The van der Waals surface area contributed by atoms with E-state index in [0.29, 0.717) is 5.52 Å². The minimum atomic E-state index is -4.33. The Kier molecular flexibility index (Phi) is 4.89. The summed E-state index contributed by atoms with van der Waals surface area (Å²) in [6, 6.07) is 7.89. The zero-order valence-corrected chi connectivity index (χ0v) is 15.4. The predicted molar refractivity (Wildman–Crippen MR) is 98.2 cm³/mol. The van der Waals surface area contributed by atoms with Gasteiger partial charge in [-0.1, -0.05) is 35.3 Å². The molecule has 2 aromatic carbocycles. The van der Waals surface area contributed by atoms with Crippen molar-refractivity contribution in [2.45, 2.75) is 11.3 Å². The molecule has 0 aliphatic heterocycles. The normalized spacial score (nSPS) is 11.8. The molecule has 3 rings (SSSR count). The van der Waals surface area contributed by atoms with Gasteiger partial charge in [0.2, 0.25) is 0 Å². The molecule has 0 saturated heterocycles. The number of benzene rings is 2.